The van der Waals surface area contributed by atoms with Crippen LogP contribution in [0.5, 0.6) is 0 Å². The fraction of sp³-hybridized carbons (Fsp3) is 0.214. The van der Waals surface area contributed by atoms with Gasteiger partial charge in [-0.2, -0.15) is 0 Å². The number of carbonyl (C=O) groups excluding carboxylic acids is 1. The van der Waals surface area contributed by atoms with Gasteiger partial charge in [-0.05, 0) is 31.9 Å². The van der Waals surface area contributed by atoms with Crippen molar-refractivity contribution in [1.29, 1.82) is 0 Å². The van der Waals surface area contributed by atoms with Crippen LogP contribution in [0.25, 0.3) is 0 Å². The molecule has 1 amide bonds. The first-order chi connectivity index (χ1) is 9.40. The summed E-state index contributed by atoms with van der Waals surface area (Å²) < 4.78 is 0. The van der Waals surface area contributed by atoms with Crippen LogP contribution in [0.3, 0.4) is 0 Å². The number of hydrogen-bond donors (Lipinski definition) is 1. The van der Waals surface area contributed by atoms with E-state index in [-0.39, 0.29) is 21.9 Å². The topological polar surface area (TPSA) is 54.9 Å². The van der Waals surface area contributed by atoms with Crippen molar-refractivity contribution >= 4 is 34.9 Å². The van der Waals surface area contributed by atoms with E-state index in [0.29, 0.717) is 5.56 Å². The number of nitrogens with one attached hydrogen (secondary N) is 1. The number of halogens is 2. The molecule has 2 aromatic rings. The van der Waals surface area contributed by atoms with Crippen LogP contribution in [0, 0.1) is 20.8 Å². The van der Waals surface area contributed by atoms with Crippen LogP contribution in [-0.2, 0) is 0 Å². The average Bonchev–Trinajstić information content (AvgIpc) is 2.33. The molecule has 0 unspecified atom stereocenters. The Labute approximate surface area is 127 Å². The third-order valence-electron chi connectivity index (χ3n) is 2.88. The Hall–Kier alpha value is -1.65. The molecule has 0 spiro atoms. The van der Waals surface area contributed by atoms with Gasteiger partial charge in [0.05, 0.1) is 0 Å². The van der Waals surface area contributed by atoms with E-state index in [4.69, 9.17) is 23.2 Å². The standard InChI is InChI=1S/C14H13Cl2N3O/c1-7-4-8(2)10(9(3)5-7)14(20)19-13-11(15)12(16)17-6-18-13/h4-6H,1-3H3,(H,17,18,19,20). The number of aryl methyl sites for hydroxylation is 3. The number of rotatable bonds is 2. The van der Waals surface area contributed by atoms with Crippen molar-refractivity contribution in [3.8, 4) is 0 Å². The van der Waals surface area contributed by atoms with Gasteiger partial charge in [-0.25, -0.2) is 9.97 Å². The Balaban J connectivity index is 2.36. The van der Waals surface area contributed by atoms with Crippen LogP contribution in [0.2, 0.25) is 10.2 Å². The molecule has 4 nitrogen and oxygen atoms in total. The Morgan fingerprint density at radius 1 is 1.10 bits per heavy atom. The first-order valence-electron chi connectivity index (χ1n) is 5.95. The van der Waals surface area contributed by atoms with Crippen LogP contribution in [0.4, 0.5) is 5.82 Å². The fourth-order valence-electron chi connectivity index (χ4n) is 2.14. The number of nitrogens with zero attached hydrogens (tertiary/aromatic N) is 2. The number of aromatic nitrogens is 2. The molecule has 0 atom stereocenters. The molecule has 2 rings (SSSR count). The van der Waals surface area contributed by atoms with E-state index in [1.807, 2.05) is 32.9 Å². The highest BCUT2D eigenvalue weighted by Crippen LogP contribution is 2.26. The first-order valence-corrected chi connectivity index (χ1v) is 6.71. The maximum absolute atomic E-state index is 12.4. The minimum atomic E-state index is -0.267. The lowest BCUT2D eigenvalue weighted by Gasteiger charge is -2.12. The molecule has 1 N–H and O–H groups in total. The smallest absolute Gasteiger partial charge is 0.257 e. The highest BCUT2D eigenvalue weighted by atomic mass is 35.5. The van der Waals surface area contributed by atoms with E-state index in [1.54, 1.807) is 0 Å². The van der Waals surface area contributed by atoms with Crippen molar-refractivity contribution in [2.24, 2.45) is 0 Å². The molecule has 0 fully saturated rings. The molecular formula is C14H13Cl2N3O. The van der Waals surface area contributed by atoms with Gasteiger partial charge < -0.3 is 5.32 Å². The SMILES string of the molecule is Cc1cc(C)c(C(=O)Nc2ncnc(Cl)c2Cl)c(C)c1. The highest BCUT2D eigenvalue weighted by molar-refractivity contribution is 6.43. The van der Waals surface area contributed by atoms with E-state index < -0.39 is 0 Å². The van der Waals surface area contributed by atoms with Gasteiger partial charge in [0.1, 0.15) is 11.3 Å². The highest BCUT2D eigenvalue weighted by Gasteiger charge is 2.16. The minimum Gasteiger partial charge on any atom is -0.305 e. The molecule has 1 heterocycles. The molecule has 0 aliphatic heterocycles. The van der Waals surface area contributed by atoms with Crippen molar-refractivity contribution in [2.45, 2.75) is 20.8 Å². The van der Waals surface area contributed by atoms with Crippen LogP contribution >= 0.6 is 23.2 Å². The van der Waals surface area contributed by atoms with Gasteiger partial charge in [0.15, 0.2) is 11.0 Å². The monoisotopic (exact) mass is 309 g/mol. The number of hydrogen-bond acceptors (Lipinski definition) is 3. The maximum Gasteiger partial charge on any atom is 0.257 e. The Kier molecular flexibility index (Phi) is 4.26. The fourth-order valence-corrected chi connectivity index (χ4v) is 2.42. The second-order valence-corrected chi connectivity index (χ2v) is 5.29. The lowest BCUT2D eigenvalue weighted by Crippen LogP contribution is -2.16. The lowest BCUT2D eigenvalue weighted by molar-refractivity contribution is 0.102. The normalized spacial score (nSPS) is 10.4. The Morgan fingerprint density at radius 2 is 1.70 bits per heavy atom. The second-order valence-electron chi connectivity index (χ2n) is 4.55. The van der Waals surface area contributed by atoms with Gasteiger partial charge >= 0.3 is 0 Å². The van der Waals surface area contributed by atoms with Crippen LogP contribution in [0.1, 0.15) is 27.0 Å². The van der Waals surface area contributed by atoms with Crippen LogP contribution < -0.4 is 5.32 Å². The third-order valence-corrected chi connectivity index (χ3v) is 3.62. The summed E-state index contributed by atoms with van der Waals surface area (Å²) in [5.41, 5.74) is 3.52. The second kappa shape index (κ2) is 5.77. The van der Waals surface area contributed by atoms with Gasteiger partial charge in [-0.15, -0.1) is 0 Å². The largest absolute Gasteiger partial charge is 0.305 e. The zero-order valence-electron chi connectivity index (χ0n) is 11.3. The van der Waals surface area contributed by atoms with E-state index in [2.05, 4.69) is 15.3 Å². The van der Waals surface area contributed by atoms with Gasteiger partial charge in [0.2, 0.25) is 0 Å². The predicted octanol–water partition coefficient (Wildman–Crippen LogP) is 3.96. The molecule has 1 aromatic carbocycles. The number of anilines is 1. The summed E-state index contributed by atoms with van der Waals surface area (Å²) in [6.07, 6.45) is 1.25. The molecule has 1 aromatic heterocycles. The summed E-state index contributed by atoms with van der Waals surface area (Å²) in [5.74, 6) is -0.0623. The molecule has 0 bridgehead atoms. The van der Waals surface area contributed by atoms with Crippen molar-refractivity contribution in [2.75, 3.05) is 5.32 Å². The van der Waals surface area contributed by atoms with Gasteiger partial charge in [0.25, 0.3) is 5.91 Å². The number of benzene rings is 1. The number of amides is 1. The van der Waals surface area contributed by atoms with Crippen LogP contribution in [0.15, 0.2) is 18.5 Å². The van der Waals surface area contributed by atoms with Gasteiger partial charge in [-0.3, -0.25) is 4.79 Å². The third kappa shape index (κ3) is 2.92. The molecular weight excluding hydrogens is 297 g/mol. The summed E-state index contributed by atoms with van der Waals surface area (Å²) >= 11 is 11.8. The molecule has 20 heavy (non-hydrogen) atoms. The van der Waals surface area contributed by atoms with E-state index in [0.717, 1.165) is 16.7 Å². The zero-order chi connectivity index (χ0) is 14.9. The summed E-state index contributed by atoms with van der Waals surface area (Å²) in [7, 11) is 0. The number of carbonyl (C=O) groups is 1. The Bertz CT molecular complexity index is 663. The summed E-state index contributed by atoms with van der Waals surface area (Å²) in [4.78, 5) is 20.0. The first kappa shape index (κ1) is 14.8. The average molecular weight is 310 g/mol. The Morgan fingerprint density at radius 3 is 2.30 bits per heavy atom. The van der Waals surface area contributed by atoms with Crippen molar-refractivity contribution in [3.63, 3.8) is 0 Å². The molecule has 6 heteroatoms. The minimum absolute atomic E-state index is 0.106. The summed E-state index contributed by atoms with van der Waals surface area (Å²) in [5, 5.41) is 2.90. The molecule has 0 aliphatic carbocycles. The molecule has 0 saturated carbocycles. The van der Waals surface area contributed by atoms with Gasteiger partial charge in [0, 0.05) is 5.56 Å². The summed E-state index contributed by atoms with van der Waals surface area (Å²) in [6, 6.07) is 3.91. The van der Waals surface area contributed by atoms with Crippen molar-refractivity contribution < 1.29 is 4.79 Å². The summed E-state index contributed by atoms with van der Waals surface area (Å²) in [6.45, 7) is 5.77. The van der Waals surface area contributed by atoms with Crippen LogP contribution in [-0.4, -0.2) is 15.9 Å². The quantitative estimate of drug-likeness (QED) is 0.854. The lowest BCUT2D eigenvalue weighted by atomic mass is 9.99. The van der Waals surface area contributed by atoms with E-state index in [9.17, 15) is 4.79 Å². The van der Waals surface area contributed by atoms with E-state index >= 15 is 0 Å². The molecule has 0 aliphatic rings. The predicted molar refractivity (Wildman–Crippen MR) is 80.7 cm³/mol. The van der Waals surface area contributed by atoms with Gasteiger partial charge in [-0.1, -0.05) is 40.9 Å². The molecule has 0 radical (unpaired) electrons. The van der Waals surface area contributed by atoms with E-state index in [1.165, 1.54) is 6.33 Å². The molecule has 104 valence electrons. The van der Waals surface area contributed by atoms with Crippen molar-refractivity contribution in [1.82, 2.24) is 9.97 Å². The maximum atomic E-state index is 12.4. The molecule has 0 saturated heterocycles. The zero-order valence-corrected chi connectivity index (χ0v) is 12.8. The van der Waals surface area contributed by atoms with Crippen molar-refractivity contribution in [3.05, 3.63) is 50.9 Å².